The second-order valence-corrected chi connectivity index (χ2v) is 6.06. The second kappa shape index (κ2) is 8.85. The van der Waals surface area contributed by atoms with Gasteiger partial charge in [-0.25, -0.2) is 0 Å². The third-order valence-corrected chi connectivity index (χ3v) is 4.26. The highest BCUT2D eigenvalue weighted by Crippen LogP contribution is 2.22. The van der Waals surface area contributed by atoms with E-state index in [1.165, 1.54) is 0 Å². The van der Waals surface area contributed by atoms with Gasteiger partial charge >= 0.3 is 0 Å². The number of amides is 1. The highest BCUT2D eigenvalue weighted by molar-refractivity contribution is 5.94. The third kappa shape index (κ3) is 4.85. The van der Waals surface area contributed by atoms with Gasteiger partial charge in [0.05, 0.1) is 27.2 Å². The maximum absolute atomic E-state index is 13.1. The minimum atomic E-state index is 0.00851. The van der Waals surface area contributed by atoms with Crippen LogP contribution in [0.25, 0.3) is 0 Å². The smallest absolute Gasteiger partial charge is 0.231 e. The fourth-order valence-electron chi connectivity index (χ4n) is 2.77. The van der Waals surface area contributed by atoms with Crippen molar-refractivity contribution in [3.05, 3.63) is 84.2 Å². The first kappa shape index (κ1) is 18.5. The molecule has 5 heteroatoms. The fraction of sp³-hybridized carbons (Fsp3) is 0.182. The number of methoxy groups -OCH3 is 2. The van der Waals surface area contributed by atoms with E-state index in [4.69, 9.17) is 9.47 Å². The number of carbonyl (C=O) groups excluding carboxylic acids is 1. The average molecular weight is 362 g/mol. The lowest BCUT2D eigenvalue weighted by Crippen LogP contribution is -2.31. The number of anilines is 1. The number of aromatic nitrogens is 1. The molecule has 0 atom stereocenters. The Hall–Kier alpha value is -3.34. The Bertz CT molecular complexity index is 862. The molecule has 5 nitrogen and oxygen atoms in total. The summed E-state index contributed by atoms with van der Waals surface area (Å²) in [5.74, 6) is 1.53. The van der Waals surface area contributed by atoms with Crippen molar-refractivity contribution in [2.45, 2.75) is 13.0 Å². The quantitative estimate of drug-likeness (QED) is 0.640. The first-order valence-electron chi connectivity index (χ1n) is 8.66. The zero-order valence-electron chi connectivity index (χ0n) is 15.5. The molecule has 2 aromatic carbocycles. The summed E-state index contributed by atoms with van der Waals surface area (Å²) < 4.78 is 10.4. The summed E-state index contributed by atoms with van der Waals surface area (Å²) in [5.41, 5.74) is 2.72. The maximum atomic E-state index is 13.1. The number of rotatable bonds is 7. The molecular formula is C22H22N2O3. The van der Waals surface area contributed by atoms with Gasteiger partial charge in [0.25, 0.3) is 0 Å². The summed E-state index contributed by atoms with van der Waals surface area (Å²) in [5, 5.41) is 0. The number of carbonyl (C=O) groups is 1. The molecule has 0 N–H and O–H groups in total. The largest absolute Gasteiger partial charge is 0.497 e. The predicted octanol–water partition coefficient (Wildman–Crippen LogP) is 3.87. The molecular weight excluding hydrogens is 340 g/mol. The number of hydrogen-bond donors (Lipinski definition) is 0. The molecule has 0 radical (unpaired) electrons. The van der Waals surface area contributed by atoms with Crippen LogP contribution in [0.3, 0.4) is 0 Å². The Morgan fingerprint density at radius 3 is 2.07 bits per heavy atom. The van der Waals surface area contributed by atoms with Crippen LogP contribution in [0.1, 0.15) is 11.1 Å². The van der Waals surface area contributed by atoms with Crippen LogP contribution in [0.2, 0.25) is 0 Å². The molecule has 3 rings (SSSR count). The van der Waals surface area contributed by atoms with Gasteiger partial charge in [0.15, 0.2) is 0 Å². The van der Waals surface area contributed by atoms with E-state index in [1.54, 1.807) is 31.5 Å². The number of hydrogen-bond acceptors (Lipinski definition) is 4. The average Bonchev–Trinajstić information content (AvgIpc) is 2.73. The van der Waals surface area contributed by atoms with E-state index in [-0.39, 0.29) is 5.91 Å². The summed E-state index contributed by atoms with van der Waals surface area (Å²) in [4.78, 5) is 19.0. The molecule has 1 heterocycles. The Balaban J connectivity index is 1.83. The fourth-order valence-corrected chi connectivity index (χ4v) is 2.77. The summed E-state index contributed by atoms with van der Waals surface area (Å²) in [6.45, 7) is 0.454. The van der Waals surface area contributed by atoms with Crippen LogP contribution in [0, 0.1) is 0 Å². The van der Waals surface area contributed by atoms with Crippen molar-refractivity contribution in [3.8, 4) is 11.5 Å². The van der Waals surface area contributed by atoms with E-state index in [0.717, 1.165) is 28.3 Å². The van der Waals surface area contributed by atoms with Gasteiger partial charge in [-0.05, 0) is 53.6 Å². The highest BCUT2D eigenvalue weighted by atomic mass is 16.5. The number of ether oxygens (including phenoxy) is 2. The van der Waals surface area contributed by atoms with Crippen LogP contribution in [0.5, 0.6) is 11.5 Å². The normalized spacial score (nSPS) is 10.3. The zero-order chi connectivity index (χ0) is 19.1. The molecule has 0 spiro atoms. The standard InChI is InChI=1S/C22H22N2O3/c1-26-20-9-5-17(6-10-20)14-22(25)24(16-18-4-3-13-23-15-18)19-7-11-21(27-2)12-8-19/h3-13,15H,14,16H2,1-2H3. The van der Waals surface area contributed by atoms with Crippen molar-refractivity contribution >= 4 is 11.6 Å². The van der Waals surface area contributed by atoms with E-state index in [1.807, 2.05) is 60.7 Å². The molecule has 138 valence electrons. The summed E-state index contributed by atoms with van der Waals surface area (Å²) in [7, 11) is 3.25. The highest BCUT2D eigenvalue weighted by Gasteiger charge is 2.17. The lowest BCUT2D eigenvalue weighted by molar-refractivity contribution is -0.118. The Kier molecular flexibility index (Phi) is 6.05. The van der Waals surface area contributed by atoms with Crippen LogP contribution in [0.4, 0.5) is 5.69 Å². The van der Waals surface area contributed by atoms with Crippen LogP contribution in [-0.4, -0.2) is 25.1 Å². The van der Waals surface area contributed by atoms with Crippen LogP contribution in [-0.2, 0) is 17.8 Å². The lowest BCUT2D eigenvalue weighted by atomic mass is 10.1. The first-order chi connectivity index (χ1) is 13.2. The number of nitrogens with zero attached hydrogens (tertiary/aromatic N) is 2. The minimum absolute atomic E-state index is 0.00851. The van der Waals surface area contributed by atoms with Crippen molar-refractivity contribution in [1.82, 2.24) is 4.98 Å². The van der Waals surface area contributed by atoms with Gasteiger partial charge in [0.1, 0.15) is 11.5 Å². The Morgan fingerprint density at radius 2 is 1.52 bits per heavy atom. The summed E-state index contributed by atoms with van der Waals surface area (Å²) in [6, 6.07) is 18.9. The Morgan fingerprint density at radius 1 is 0.889 bits per heavy atom. The molecule has 0 saturated carbocycles. The van der Waals surface area contributed by atoms with Gasteiger partial charge in [0.2, 0.25) is 5.91 Å². The predicted molar refractivity (Wildman–Crippen MR) is 105 cm³/mol. The van der Waals surface area contributed by atoms with E-state index in [0.29, 0.717) is 13.0 Å². The van der Waals surface area contributed by atoms with Crippen molar-refractivity contribution < 1.29 is 14.3 Å². The number of pyridine rings is 1. The molecule has 0 aliphatic heterocycles. The number of benzene rings is 2. The van der Waals surface area contributed by atoms with Gasteiger partial charge in [0, 0.05) is 18.1 Å². The van der Waals surface area contributed by atoms with E-state index < -0.39 is 0 Å². The SMILES string of the molecule is COc1ccc(CC(=O)N(Cc2cccnc2)c2ccc(OC)cc2)cc1. The molecule has 0 aliphatic rings. The van der Waals surface area contributed by atoms with E-state index in [2.05, 4.69) is 4.98 Å². The van der Waals surface area contributed by atoms with Gasteiger partial charge in [-0.1, -0.05) is 18.2 Å². The van der Waals surface area contributed by atoms with Gasteiger partial charge < -0.3 is 14.4 Å². The van der Waals surface area contributed by atoms with Crippen molar-refractivity contribution in [2.24, 2.45) is 0 Å². The molecule has 0 saturated heterocycles. The molecule has 1 amide bonds. The third-order valence-electron chi connectivity index (χ3n) is 4.26. The topological polar surface area (TPSA) is 51.7 Å². The lowest BCUT2D eigenvalue weighted by Gasteiger charge is -2.23. The van der Waals surface area contributed by atoms with Gasteiger partial charge in [-0.15, -0.1) is 0 Å². The van der Waals surface area contributed by atoms with Gasteiger partial charge in [-0.3, -0.25) is 9.78 Å². The Labute approximate surface area is 159 Å². The second-order valence-electron chi connectivity index (χ2n) is 6.06. The zero-order valence-corrected chi connectivity index (χ0v) is 15.5. The molecule has 0 unspecified atom stereocenters. The van der Waals surface area contributed by atoms with Crippen LogP contribution < -0.4 is 14.4 Å². The molecule has 1 aromatic heterocycles. The molecule has 0 bridgehead atoms. The van der Waals surface area contributed by atoms with Crippen molar-refractivity contribution in [3.63, 3.8) is 0 Å². The first-order valence-corrected chi connectivity index (χ1v) is 8.66. The monoisotopic (exact) mass is 362 g/mol. The van der Waals surface area contributed by atoms with Crippen molar-refractivity contribution in [2.75, 3.05) is 19.1 Å². The van der Waals surface area contributed by atoms with Crippen LogP contribution in [0.15, 0.2) is 73.1 Å². The van der Waals surface area contributed by atoms with Gasteiger partial charge in [-0.2, -0.15) is 0 Å². The van der Waals surface area contributed by atoms with E-state index >= 15 is 0 Å². The van der Waals surface area contributed by atoms with Crippen LogP contribution >= 0.6 is 0 Å². The summed E-state index contributed by atoms with van der Waals surface area (Å²) in [6.07, 6.45) is 3.80. The molecule has 0 aliphatic carbocycles. The van der Waals surface area contributed by atoms with Crippen molar-refractivity contribution in [1.29, 1.82) is 0 Å². The molecule has 27 heavy (non-hydrogen) atoms. The minimum Gasteiger partial charge on any atom is -0.497 e. The molecule has 0 fully saturated rings. The summed E-state index contributed by atoms with van der Waals surface area (Å²) >= 11 is 0. The van der Waals surface area contributed by atoms with E-state index in [9.17, 15) is 4.79 Å². The maximum Gasteiger partial charge on any atom is 0.231 e. The molecule has 3 aromatic rings.